The summed E-state index contributed by atoms with van der Waals surface area (Å²) in [6, 6.07) is 12.3. The zero-order valence-electron chi connectivity index (χ0n) is 17.3. The van der Waals surface area contributed by atoms with Gasteiger partial charge in [0.25, 0.3) is 5.91 Å². The first kappa shape index (κ1) is 20.5. The topological polar surface area (TPSA) is 72.5 Å². The number of benzene rings is 2. The summed E-state index contributed by atoms with van der Waals surface area (Å²) in [6.07, 6.45) is 0. The lowest BCUT2D eigenvalue weighted by atomic mass is 9.98. The van der Waals surface area contributed by atoms with Gasteiger partial charge in [0.1, 0.15) is 18.2 Å². The van der Waals surface area contributed by atoms with Crippen LogP contribution in [0.2, 0.25) is 0 Å². The standard InChI is InChI=1S/C23H27FN4O2/c1-15(2)21-13-27(12-17-5-3-4-6-18(17)24)9-10-28(21)23(30)16-7-8-19-20(11-16)26-22(14-29)25-19/h3-8,11,15,21,29H,9-10,12-14H2,1-2H3,(H,25,26). The fourth-order valence-corrected chi connectivity index (χ4v) is 4.14. The Labute approximate surface area is 175 Å². The highest BCUT2D eigenvalue weighted by Gasteiger charge is 2.33. The van der Waals surface area contributed by atoms with Gasteiger partial charge in [-0.2, -0.15) is 0 Å². The molecule has 1 fully saturated rings. The van der Waals surface area contributed by atoms with E-state index in [1.807, 2.05) is 17.0 Å². The molecule has 6 nitrogen and oxygen atoms in total. The Morgan fingerprint density at radius 1 is 1.27 bits per heavy atom. The Morgan fingerprint density at radius 2 is 2.07 bits per heavy atom. The Hall–Kier alpha value is -2.77. The van der Waals surface area contributed by atoms with Crippen molar-refractivity contribution in [2.24, 2.45) is 5.92 Å². The number of aliphatic hydroxyl groups is 1. The summed E-state index contributed by atoms with van der Waals surface area (Å²) < 4.78 is 14.1. The number of piperazine rings is 1. The quantitative estimate of drug-likeness (QED) is 0.678. The average Bonchev–Trinajstić information content (AvgIpc) is 3.17. The molecular weight excluding hydrogens is 383 g/mol. The molecule has 2 N–H and O–H groups in total. The molecule has 1 saturated heterocycles. The van der Waals surface area contributed by atoms with Gasteiger partial charge < -0.3 is 15.0 Å². The summed E-state index contributed by atoms with van der Waals surface area (Å²) in [4.78, 5) is 24.8. The summed E-state index contributed by atoms with van der Waals surface area (Å²) in [7, 11) is 0. The third kappa shape index (κ3) is 4.08. The molecule has 3 aromatic rings. The third-order valence-corrected chi connectivity index (χ3v) is 5.81. The predicted molar refractivity (Wildman–Crippen MR) is 113 cm³/mol. The van der Waals surface area contributed by atoms with E-state index in [4.69, 9.17) is 0 Å². The van der Waals surface area contributed by atoms with E-state index >= 15 is 0 Å². The Bertz CT molecular complexity index is 1050. The van der Waals surface area contributed by atoms with Crippen LogP contribution in [-0.2, 0) is 13.2 Å². The van der Waals surface area contributed by atoms with Crippen molar-refractivity contribution in [3.8, 4) is 0 Å². The molecule has 2 aromatic carbocycles. The summed E-state index contributed by atoms with van der Waals surface area (Å²) in [5.74, 6) is 0.555. The SMILES string of the molecule is CC(C)C1CN(Cc2ccccc2F)CCN1C(=O)c1ccc2nc(CO)[nH]c2c1. The van der Waals surface area contributed by atoms with Gasteiger partial charge in [-0.05, 0) is 30.2 Å². The zero-order chi connectivity index (χ0) is 21.3. The second-order valence-corrected chi connectivity index (χ2v) is 8.21. The van der Waals surface area contributed by atoms with E-state index in [2.05, 4.69) is 28.7 Å². The lowest BCUT2D eigenvalue weighted by molar-refractivity contribution is 0.0326. The van der Waals surface area contributed by atoms with Crippen molar-refractivity contribution in [3.05, 3.63) is 65.2 Å². The first-order chi connectivity index (χ1) is 14.5. The van der Waals surface area contributed by atoms with Gasteiger partial charge in [-0.15, -0.1) is 0 Å². The van der Waals surface area contributed by atoms with Crippen molar-refractivity contribution in [1.29, 1.82) is 0 Å². The van der Waals surface area contributed by atoms with Crippen molar-refractivity contribution in [3.63, 3.8) is 0 Å². The second-order valence-electron chi connectivity index (χ2n) is 8.21. The maximum absolute atomic E-state index is 14.1. The number of carbonyl (C=O) groups excluding carboxylic acids is 1. The fraction of sp³-hybridized carbons (Fsp3) is 0.391. The van der Waals surface area contributed by atoms with Crippen LogP contribution in [0.4, 0.5) is 4.39 Å². The molecule has 30 heavy (non-hydrogen) atoms. The monoisotopic (exact) mass is 410 g/mol. The van der Waals surface area contributed by atoms with E-state index in [-0.39, 0.29) is 30.3 Å². The number of fused-ring (bicyclic) bond motifs is 1. The van der Waals surface area contributed by atoms with Crippen LogP contribution < -0.4 is 0 Å². The van der Waals surface area contributed by atoms with E-state index in [0.717, 1.165) is 11.0 Å². The smallest absolute Gasteiger partial charge is 0.254 e. The maximum atomic E-state index is 14.1. The molecule has 0 spiro atoms. The number of hydrogen-bond donors (Lipinski definition) is 2. The number of imidazole rings is 1. The van der Waals surface area contributed by atoms with Crippen LogP contribution in [0.15, 0.2) is 42.5 Å². The molecule has 4 rings (SSSR count). The Morgan fingerprint density at radius 3 is 2.80 bits per heavy atom. The number of aliphatic hydroxyl groups excluding tert-OH is 1. The largest absolute Gasteiger partial charge is 0.388 e. The van der Waals surface area contributed by atoms with E-state index in [0.29, 0.717) is 43.1 Å². The molecule has 1 amide bonds. The number of rotatable bonds is 5. The zero-order valence-corrected chi connectivity index (χ0v) is 17.3. The molecule has 0 saturated carbocycles. The van der Waals surface area contributed by atoms with Crippen molar-refractivity contribution >= 4 is 16.9 Å². The van der Waals surface area contributed by atoms with Gasteiger partial charge in [0, 0.05) is 43.3 Å². The molecule has 1 unspecified atom stereocenters. The van der Waals surface area contributed by atoms with Gasteiger partial charge in [-0.1, -0.05) is 32.0 Å². The fourth-order valence-electron chi connectivity index (χ4n) is 4.14. The average molecular weight is 410 g/mol. The Kier molecular flexibility index (Phi) is 5.83. The molecule has 0 bridgehead atoms. The van der Waals surface area contributed by atoms with Gasteiger partial charge >= 0.3 is 0 Å². The number of aromatic amines is 1. The first-order valence-corrected chi connectivity index (χ1v) is 10.3. The number of nitrogens with zero attached hydrogens (tertiary/aromatic N) is 3. The van der Waals surface area contributed by atoms with Gasteiger partial charge in [0.2, 0.25) is 0 Å². The number of hydrogen-bond acceptors (Lipinski definition) is 4. The maximum Gasteiger partial charge on any atom is 0.254 e. The molecule has 1 aliphatic rings. The summed E-state index contributed by atoms with van der Waals surface area (Å²) in [5.41, 5.74) is 2.75. The highest BCUT2D eigenvalue weighted by molar-refractivity contribution is 5.97. The molecule has 7 heteroatoms. The van der Waals surface area contributed by atoms with Crippen LogP contribution in [0.1, 0.15) is 35.6 Å². The summed E-state index contributed by atoms with van der Waals surface area (Å²) >= 11 is 0. The van der Waals surface area contributed by atoms with Crippen molar-refractivity contribution in [1.82, 2.24) is 19.8 Å². The molecule has 0 aliphatic carbocycles. The van der Waals surface area contributed by atoms with Crippen molar-refractivity contribution in [2.75, 3.05) is 19.6 Å². The van der Waals surface area contributed by atoms with Crippen LogP contribution in [0.3, 0.4) is 0 Å². The predicted octanol–water partition coefficient (Wildman–Crippen LogP) is 3.18. The number of H-pyrrole nitrogens is 1. The summed E-state index contributed by atoms with van der Waals surface area (Å²) in [6.45, 7) is 6.60. The number of halogens is 1. The van der Waals surface area contributed by atoms with Crippen LogP contribution in [0.5, 0.6) is 0 Å². The molecule has 2 heterocycles. The van der Waals surface area contributed by atoms with E-state index in [9.17, 15) is 14.3 Å². The van der Waals surface area contributed by atoms with E-state index < -0.39 is 0 Å². The second kappa shape index (κ2) is 8.53. The van der Waals surface area contributed by atoms with Gasteiger partial charge in [-0.25, -0.2) is 9.37 Å². The molecule has 1 atom stereocenters. The van der Waals surface area contributed by atoms with Crippen LogP contribution in [0.25, 0.3) is 11.0 Å². The number of carbonyl (C=O) groups is 1. The highest BCUT2D eigenvalue weighted by atomic mass is 19.1. The van der Waals surface area contributed by atoms with E-state index in [1.165, 1.54) is 6.07 Å². The molecule has 1 aliphatic heterocycles. The van der Waals surface area contributed by atoms with Gasteiger partial charge in [0.15, 0.2) is 0 Å². The molecule has 1 aromatic heterocycles. The van der Waals surface area contributed by atoms with Gasteiger partial charge in [-0.3, -0.25) is 9.69 Å². The number of amides is 1. The molecular formula is C23H27FN4O2. The molecule has 158 valence electrons. The van der Waals surface area contributed by atoms with Crippen molar-refractivity contribution in [2.45, 2.75) is 33.0 Å². The molecule has 0 radical (unpaired) electrons. The number of nitrogens with one attached hydrogen (secondary N) is 1. The first-order valence-electron chi connectivity index (χ1n) is 10.3. The summed E-state index contributed by atoms with van der Waals surface area (Å²) in [5, 5.41) is 9.27. The minimum Gasteiger partial charge on any atom is -0.388 e. The Balaban J connectivity index is 1.52. The van der Waals surface area contributed by atoms with Crippen LogP contribution >= 0.6 is 0 Å². The van der Waals surface area contributed by atoms with E-state index in [1.54, 1.807) is 24.3 Å². The highest BCUT2D eigenvalue weighted by Crippen LogP contribution is 2.23. The lowest BCUT2D eigenvalue weighted by Crippen LogP contribution is -2.56. The third-order valence-electron chi connectivity index (χ3n) is 5.81. The van der Waals surface area contributed by atoms with Gasteiger partial charge in [0.05, 0.1) is 11.0 Å². The minimum atomic E-state index is -0.188. The number of aromatic nitrogens is 2. The van der Waals surface area contributed by atoms with Crippen molar-refractivity contribution < 1.29 is 14.3 Å². The lowest BCUT2D eigenvalue weighted by Gasteiger charge is -2.43. The van der Waals surface area contributed by atoms with Crippen LogP contribution in [-0.4, -0.2) is 56.5 Å². The minimum absolute atomic E-state index is 0.0127. The van der Waals surface area contributed by atoms with Crippen LogP contribution in [0, 0.1) is 11.7 Å². The normalized spacial score (nSPS) is 17.8.